The Labute approximate surface area is 160 Å². The number of ether oxygens (including phenoxy) is 1. The molecule has 1 heterocycles. The molecule has 0 atom stereocenters. The van der Waals surface area contributed by atoms with Crippen LogP contribution in [-0.4, -0.2) is 17.2 Å². The van der Waals surface area contributed by atoms with Crippen molar-refractivity contribution in [1.82, 2.24) is 0 Å². The van der Waals surface area contributed by atoms with Crippen LogP contribution >= 0.6 is 11.6 Å². The number of hydrogen-bond donors (Lipinski definition) is 0. The maximum absolute atomic E-state index is 13.0. The number of halogens is 1. The summed E-state index contributed by atoms with van der Waals surface area (Å²) >= 11 is 6.27. The molecule has 0 spiro atoms. The van der Waals surface area contributed by atoms with Crippen molar-refractivity contribution in [3.63, 3.8) is 0 Å². The van der Waals surface area contributed by atoms with E-state index in [1.807, 2.05) is 71.0 Å². The van der Waals surface area contributed by atoms with Gasteiger partial charge in [0.2, 0.25) is 0 Å². The molecular weight excluding hydrogens is 346 g/mol. The second-order valence-corrected chi connectivity index (χ2v) is 8.49. The van der Waals surface area contributed by atoms with Gasteiger partial charge in [-0.25, -0.2) is 4.79 Å². The lowest BCUT2D eigenvalue weighted by Crippen LogP contribution is -2.50. The standard InChI is InChI=1S/C22H24ClNO2/c1-21(2,3)26-20(25)24-19-12-11-16(23)13-17(19)18(14-22(24,4)5)15-9-7-6-8-10-15/h6-14H,1-5H3. The Morgan fingerprint density at radius 3 is 2.35 bits per heavy atom. The van der Waals surface area contributed by atoms with Crippen molar-refractivity contribution in [2.75, 3.05) is 4.90 Å². The molecule has 136 valence electrons. The van der Waals surface area contributed by atoms with Crippen LogP contribution in [0.4, 0.5) is 10.5 Å². The van der Waals surface area contributed by atoms with E-state index in [2.05, 4.69) is 18.2 Å². The number of nitrogens with zero attached hydrogens (tertiary/aromatic N) is 1. The summed E-state index contributed by atoms with van der Waals surface area (Å²) in [6.45, 7) is 9.64. The van der Waals surface area contributed by atoms with Gasteiger partial charge in [0.1, 0.15) is 5.60 Å². The van der Waals surface area contributed by atoms with Gasteiger partial charge in [-0.3, -0.25) is 4.90 Å². The van der Waals surface area contributed by atoms with Gasteiger partial charge in [0.05, 0.1) is 11.2 Å². The van der Waals surface area contributed by atoms with Crippen molar-refractivity contribution in [3.05, 3.63) is 70.8 Å². The number of carbonyl (C=O) groups is 1. The van der Waals surface area contributed by atoms with E-state index in [1.165, 1.54) is 0 Å². The highest BCUT2D eigenvalue weighted by atomic mass is 35.5. The lowest BCUT2D eigenvalue weighted by atomic mass is 9.85. The zero-order valence-electron chi connectivity index (χ0n) is 15.8. The Balaban J connectivity index is 2.17. The van der Waals surface area contributed by atoms with Crippen molar-refractivity contribution in [2.24, 2.45) is 0 Å². The van der Waals surface area contributed by atoms with Crippen molar-refractivity contribution < 1.29 is 9.53 Å². The van der Waals surface area contributed by atoms with Crippen LogP contribution in [0.15, 0.2) is 54.6 Å². The molecule has 26 heavy (non-hydrogen) atoms. The summed E-state index contributed by atoms with van der Waals surface area (Å²) in [5, 5.41) is 0.634. The average molecular weight is 370 g/mol. The van der Waals surface area contributed by atoms with Gasteiger partial charge in [-0.15, -0.1) is 0 Å². The molecule has 1 amide bonds. The predicted molar refractivity (Wildman–Crippen MR) is 108 cm³/mol. The fraction of sp³-hybridized carbons (Fsp3) is 0.318. The first-order chi connectivity index (χ1) is 12.1. The van der Waals surface area contributed by atoms with Crippen LogP contribution in [0, 0.1) is 0 Å². The van der Waals surface area contributed by atoms with Crippen molar-refractivity contribution in [2.45, 2.75) is 45.8 Å². The number of anilines is 1. The molecule has 0 unspecified atom stereocenters. The average Bonchev–Trinajstić information content (AvgIpc) is 2.53. The van der Waals surface area contributed by atoms with E-state index in [-0.39, 0.29) is 6.09 Å². The Hall–Kier alpha value is -2.26. The molecule has 0 aromatic heterocycles. The van der Waals surface area contributed by atoms with Crippen molar-refractivity contribution in [3.8, 4) is 0 Å². The van der Waals surface area contributed by atoms with Gasteiger partial charge in [0.15, 0.2) is 0 Å². The van der Waals surface area contributed by atoms with Gasteiger partial charge >= 0.3 is 6.09 Å². The zero-order valence-corrected chi connectivity index (χ0v) is 16.6. The minimum absolute atomic E-state index is 0.366. The van der Waals surface area contributed by atoms with E-state index in [9.17, 15) is 4.79 Å². The number of benzene rings is 2. The Morgan fingerprint density at radius 2 is 1.73 bits per heavy atom. The molecule has 0 saturated heterocycles. The third-order valence-electron chi connectivity index (χ3n) is 4.22. The maximum atomic E-state index is 13.0. The lowest BCUT2D eigenvalue weighted by Gasteiger charge is -2.42. The third-order valence-corrected chi connectivity index (χ3v) is 4.46. The minimum Gasteiger partial charge on any atom is -0.443 e. The molecule has 3 rings (SSSR count). The van der Waals surface area contributed by atoms with Crippen LogP contribution in [-0.2, 0) is 4.74 Å². The number of amides is 1. The van der Waals surface area contributed by atoms with E-state index < -0.39 is 11.1 Å². The highest BCUT2D eigenvalue weighted by Crippen LogP contribution is 2.43. The second-order valence-electron chi connectivity index (χ2n) is 8.05. The highest BCUT2D eigenvalue weighted by Gasteiger charge is 2.39. The molecule has 3 nitrogen and oxygen atoms in total. The van der Waals surface area contributed by atoms with E-state index in [4.69, 9.17) is 16.3 Å². The smallest absolute Gasteiger partial charge is 0.415 e. The zero-order chi connectivity index (χ0) is 19.1. The molecule has 1 aliphatic rings. The summed E-state index contributed by atoms with van der Waals surface area (Å²) < 4.78 is 5.67. The molecule has 0 saturated carbocycles. The SMILES string of the molecule is CC(C)(C)OC(=O)N1c2ccc(Cl)cc2C(c2ccccc2)=CC1(C)C. The molecular formula is C22H24ClNO2. The first-order valence-corrected chi connectivity index (χ1v) is 9.08. The number of fused-ring (bicyclic) bond motifs is 1. The quantitative estimate of drug-likeness (QED) is 0.589. The van der Waals surface area contributed by atoms with Crippen molar-refractivity contribution >= 4 is 29.0 Å². The minimum atomic E-state index is -0.566. The summed E-state index contributed by atoms with van der Waals surface area (Å²) in [5.74, 6) is 0. The predicted octanol–water partition coefficient (Wildman–Crippen LogP) is 6.31. The van der Waals surface area contributed by atoms with Gasteiger partial charge in [-0.1, -0.05) is 48.0 Å². The molecule has 0 aliphatic carbocycles. The van der Waals surface area contributed by atoms with Crippen LogP contribution in [0.25, 0.3) is 5.57 Å². The van der Waals surface area contributed by atoms with E-state index >= 15 is 0 Å². The normalized spacial score (nSPS) is 15.9. The Kier molecular flexibility index (Phi) is 4.61. The summed E-state index contributed by atoms with van der Waals surface area (Å²) in [7, 11) is 0. The summed E-state index contributed by atoms with van der Waals surface area (Å²) in [6.07, 6.45) is 1.74. The number of carbonyl (C=O) groups excluding carboxylic acids is 1. The number of hydrogen-bond acceptors (Lipinski definition) is 2. The molecule has 0 radical (unpaired) electrons. The molecule has 1 aliphatic heterocycles. The monoisotopic (exact) mass is 369 g/mol. The topological polar surface area (TPSA) is 29.5 Å². The lowest BCUT2D eigenvalue weighted by molar-refractivity contribution is 0.0556. The maximum Gasteiger partial charge on any atom is 0.415 e. The largest absolute Gasteiger partial charge is 0.443 e. The first-order valence-electron chi connectivity index (χ1n) is 8.70. The number of rotatable bonds is 1. The summed E-state index contributed by atoms with van der Waals surface area (Å²) in [5.41, 5.74) is 2.77. The van der Waals surface area contributed by atoms with E-state index in [1.54, 1.807) is 4.90 Å². The summed E-state index contributed by atoms with van der Waals surface area (Å²) in [6, 6.07) is 15.7. The van der Waals surface area contributed by atoms with Crippen molar-refractivity contribution in [1.29, 1.82) is 0 Å². The van der Waals surface area contributed by atoms with E-state index in [0.29, 0.717) is 5.02 Å². The third kappa shape index (κ3) is 3.63. The van der Waals surface area contributed by atoms with Gasteiger partial charge in [0, 0.05) is 10.6 Å². The Bertz CT molecular complexity index is 863. The summed E-state index contributed by atoms with van der Waals surface area (Å²) in [4.78, 5) is 14.7. The molecule has 2 aromatic carbocycles. The van der Waals surface area contributed by atoms with Gasteiger partial charge in [-0.05, 0) is 64.0 Å². The molecule has 2 aromatic rings. The molecule has 0 fully saturated rings. The molecule has 4 heteroatoms. The van der Waals surface area contributed by atoms with Crippen LogP contribution in [0.1, 0.15) is 45.7 Å². The van der Waals surface area contributed by atoms with Crippen LogP contribution in [0.3, 0.4) is 0 Å². The van der Waals surface area contributed by atoms with Crippen LogP contribution in [0.5, 0.6) is 0 Å². The van der Waals surface area contributed by atoms with Gasteiger partial charge in [-0.2, -0.15) is 0 Å². The Morgan fingerprint density at radius 1 is 1.08 bits per heavy atom. The second kappa shape index (κ2) is 6.48. The van der Waals surface area contributed by atoms with Crippen LogP contribution < -0.4 is 4.90 Å². The van der Waals surface area contributed by atoms with E-state index in [0.717, 1.165) is 22.4 Å². The molecule has 0 N–H and O–H groups in total. The fourth-order valence-electron chi connectivity index (χ4n) is 3.22. The van der Waals surface area contributed by atoms with Gasteiger partial charge in [0.25, 0.3) is 0 Å². The fourth-order valence-corrected chi connectivity index (χ4v) is 3.39. The highest BCUT2D eigenvalue weighted by molar-refractivity contribution is 6.31. The first kappa shape index (κ1) is 18.5. The van der Waals surface area contributed by atoms with Crippen LogP contribution in [0.2, 0.25) is 5.02 Å². The van der Waals surface area contributed by atoms with Gasteiger partial charge < -0.3 is 4.74 Å². The molecule has 0 bridgehead atoms.